The van der Waals surface area contributed by atoms with E-state index in [2.05, 4.69) is 5.10 Å². The van der Waals surface area contributed by atoms with E-state index in [0.29, 0.717) is 5.56 Å². The van der Waals surface area contributed by atoms with Crippen molar-refractivity contribution in [2.75, 3.05) is 7.11 Å². The highest BCUT2D eigenvalue weighted by molar-refractivity contribution is 5.89. The van der Waals surface area contributed by atoms with Crippen molar-refractivity contribution in [3.05, 3.63) is 84.7 Å². The van der Waals surface area contributed by atoms with Gasteiger partial charge < -0.3 is 9.84 Å². The zero-order chi connectivity index (χ0) is 16.1. The van der Waals surface area contributed by atoms with Crippen molar-refractivity contribution in [2.24, 2.45) is 5.10 Å². The highest BCUT2D eigenvalue weighted by atomic mass is 16.5. The fraction of sp³-hybridized carbons (Fsp3) is 0.0526. The van der Waals surface area contributed by atoms with Gasteiger partial charge in [0.1, 0.15) is 5.75 Å². The number of rotatable bonds is 4. The maximum Gasteiger partial charge on any atom is 0.202 e. The number of benzene rings is 2. The van der Waals surface area contributed by atoms with Crippen LogP contribution in [0.4, 0.5) is 0 Å². The molecule has 3 aromatic rings. The highest BCUT2D eigenvalue weighted by Crippen LogP contribution is 2.21. The van der Waals surface area contributed by atoms with Crippen molar-refractivity contribution in [2.45, 2.75) is 0 Å². The summed E-state index contributed by atoms with van der Waals surface area (Å²) in [4.78, 5) is 0. The van der Waals surface area contributed by atoms with Crippen LogP contribution < -0.4 is 14.5 Å². The van der Waals surface area contributed by atoms with Gasteiger partial charge in [0.15, 0.2) is 0 Å². The standard InChI is InChI=1S/C19H16N2O2/c1-23-18-9-7-15(8-10-18)16-11-13-21(14-12-16)20-19(22)17-5-3-2-4-6-17/h2-14H,1H3. The molecule has 23 heavy (non-hydrogen) atoms. The van der Waals surface area contributed by atoms with E-state index in [0.717, 1.165) is 16.9 Å². The Hall–Kier alpha value is -3.14. The van der Waals surface area contributed by atoms with Gasteiger partial charge in [0.05, 0.1) is 13.0 Å². The van der Waals surface area contributed by atoms with E-state index in [4.69, 9.17) is 4.74 Å². The molecule has 0 amide bonds. The van der Waals surface area contributed by atoms with Gasteiger partial charge in [0, 0.05) is 12.1 Å². The number of ether oxygens (including phenoxy) is 1. The van der Waals surface area contributed by atoms with Crippen LogP contribution in [0.5, 0.6) is 5.75 Å². The first kappa shape index (κ1) is 14.8. The van der Waals surface area contributed by atoms with Crippen LogP contribution >= 0.6 is 0 Å². The predicted molar refractivity (Wildman–Crippen MR) is 87.0 cm³/mol. The van der Waals surface area contributed by atoms with E-state index in [9.17, 15) is 5.11 Å². The molecule has 1 heterocycles. The van der Waals surface area contributed by atoms with Crippen molar-refractivity contribution >= 4 is 5.90 Å². The Kier molecular flexibility index (Phi) is 4.34. The van der Waals surface area contributed by atoms with Gasteiger partial charge in [-0.05, 0) is 33.9 Å². The summed E-state index contributed by atoms with van der Waals surface area (Å²) in [6.07, 6.45) is 3.53. The Labute approximate surface area is 134 Å². The zero-order valence-electron chi connectivity index (χ0n) is 12.7. The van der Waals surface area contributed by atoms with E-state index < -0.39 is 0 Å². The number of pyridine rings is 1. The third kappa shape index (κ3) is 3.55. The molecule has 4 heteroatoms. The average molecular weight is 304 g/mol. The van der Waals surface area contributed by atoms with Gasteiger partial charge in [0.25, 0.3) is 0 Å². The van der Waals surface area contributed by atoms with Crippen LogP contribution in [0.3, 0.4) is 0 Å². The van der Waals surface area contributed by atoms with Crippen LogP contribution in [0.2, 0.25) is 0 Å². The fourth-order valence-corrected chi connectivity index (χ4v) is 2.20. The first-order chi connectivity index (χ1) is 11.3. The van der Waals surface area contributed by atoms with Gasteiger partial charge >= 0.3 is 0 Å². The number of methoxy groups -OCH3 is 1. The van der Waals surface area contributed by atoms with Crippen LogP contribution in [0.25, 0.3) is 11.1 Å². The molecule has 4 nitrogen and oxygen atoms in total. The Morgan fingerprint density at radius 2 is 1.48 bits per heavy atom. The summed E-state index contributed by atoms with van der Waals surface area (Å²) < 4.78 is 6.67. The second-order valence-corrected chi connectivity index (χ2v) is 4.97. The quantitative estimate of drug-likeness (QED) is 0.421. The molecule has 0 N–H and O–H groups in total. The molecule has 1 aromatic heterocycles. The molecule has 0 saturated heterocycles. The molecule has 0 atom stereocenters. The Morgan fingerprint density at radius 1 is 0.870 bits per heavy atom. The first-order valence-electron chi connectivity index (χ1n) is 7.23. The summed E-state index contributed by atoms with van der Waals surface area (Å²) in [5.41, 5.74) is 2.69. The molecule has 0 aliphatic carbocycles. The van der Waals surface area contributed by atoms with E-state index in [1.807, 2.05) is 54.6 Å². The summed E-state index contributed by atoms with van der Waals surface area (Å²) in [5.74, 6) is 0.552. The molecule has 3 rings (SSSR count). The number of aromatic nitrogens is 1. The second kappa shape index (κ2) is 6.75. The Morgan fingerprint density at radius 3 is 2.09 bits per heavy atom. The van der Waals surface area contributed by atoms with Crippen molar-refractivity contribution in [1.29, 1.82) is 0 Å². The molecular formula is C19H16N2O2. The van der Waals surface area contributed by atoms with Gasteiger partial charge in [0.2, 0.25) is 12.4 Å². The average Bonchev–Trinajstić information content (AvgIpc) is 2.63. The minimum absolute atomic E-state index is 0.271. The maximum atomic E-state index is 12.0. The summed E-state index contributed by atoms with van der Waals surface area (Å²) in [7, 11) is 1.64. The molecule has 0 bridgehead atoms. The lowest BCUT2D eigenvalue weighted by atomic mass is 10.1. The van der Waals surface area contributed by atoms with Crippen molar-refractivity contribution in [1.82, 2.24) is 0 Å². The zero-order valence-corrected chi connectivity index (χ0v) is 12.7. The molecule has 0 aliphatic heterocycles. The summed E-state index contributed by atoms with van der Waals surface area (Å²) >= 11 is 0. The molecular weight excluding hydrogens is 288 g/mol. The second-order valence-electron chi connectivity index (χ2n) is 4.97. The molecule has 0 spiro atoms. The largest absolute Gasteiger partial charge is 0.854 e. The van der Waals surface area contributed by atoms with Gasteiger partial charge in [-0.3, -0.25) is 0 Å². The summed E-state index contributed by atoms with van der Waals surface area (Å²) in [6.45, 7) is 0. The Bertz CT molecular complexity index is 795. The molecule has 0 saturated carbocycles. The maximum absolute atomic E-state index is 12.0. The molecule has 0 fully saturated rings. The van der Waals surface area contributed by atoms with Gasteiger partial charge in [-0.1, -0.05) is 47.1 Å². The minimum atomic E-state index is -0.271. The SMILES string of the molecule is COc1ccc(-c2cc[n+](/N=C(/[O-])c3ccccc3)cc2)cc1. The van der Waals surface area contributed by atoms with Gasteiger partial charge in [-0.25, -0.2) is 0 Å². The molecule has 0 aliphatic rings. The third-order valence-electron chi connectivity index (χ3n) is 3.46. The monoisotopic (exact) mass is 304 g/mol. The summed E-state index contributed by atoms with van der Waals surface area (Å²) in [5, 5.41) is 16.1. The minimum Gasteiger partial charge on any atom is -0.854 e. The first-order valence-corrected chi connectivity index (χ1v) is 7.23. The molecule has 0 unspecified atom stereocenters. The van der Waals surface area contributed by atoms with E-state index >= 15 is 0 Å². The van der Waals surface area contributed by atoms with Crippen LogP contribution in [0.1, 0.15) is 5.56 Å². The van der Waals surface area contributed by atoms with Gasteiger partial charge in [-0.15, -0.1) is 0 Å². The highest BCUT2D eigenvalue weighted by Gasteiger charge is 2.03. The van der Waals surface area contributed by atoms with Gasteiger partial charge in [-0.2, -0.15) is 0 Å². The summed E-state index contributed by atoms with van der Waals surface area (Å²) in [6, 6.07) is 20.7. The van der Waals surface area contributed by atoms with Crippen LogP contribution in [0.15, 0.2) is 84.2 Å². The van der Waals surface area contributed by atoms with E-state index in [1.165, 1.54) is 4.68 Å². The smallest absolute Gasteiger partial charge is 0.202 e. The van der Waals surface area contributed by atoms with E-state index in [1.54, 1.807) is 31.6 Å². The lowest BCUT2D eigenvalue weighted by molar-refractivity contribution is -0.681. The van der Waals surface area contributed by atoms with Crippen molar-refractivity contribution < 1.29 is 14.5 Å². The van der Waals surface area contributed by atoms with Crippen LogP contribution in [0, 0.1) is 0 Å². The number of nitrogens with zero attached hydrogens (tertiary/aromatic N) is 2. The van der Waals surface area contributed by atoms with Crippen molar-refractivity contribution in [3.8, 4) is 16.9 Å². The topological polar surface area (TPSA) is 48.5 Å². The molecule has 2 aromatic carbocycles. The number of hydrogen-bond acceptors (Lipinski definition) is 3. The Balaban J connectivity index is 1.81. The van der Waals surface area contributed by atoms with Crippen LogP contribution in [-0.2, 0) is 0 Å². The predicted octanol–water partition coefficient (Wildman–Crippen LogP) is 2.22. The van der Waals surface area contributed by atoms with Crippen molar-refractivity contribution in [3.63, 3.8) is 0 Å². The fourth-order valence-electron chi connectivity index (χ4n) is 2.20. The normalized spacial score (nSPS) is 11.3. The van der Waals surface area contributed by atoms with Crippen LogP contribution in [-0.4, -0.2) is 13.0 Å². The number of hydrogen-bond donors (Lipinski definition) is 0. The lowest BCUT2D eigenvalue weighted by Gasteiger charge is -2.06. The molecule has 0 radical (unpaired) electrons. The third-order valence-corrected chi connectivity index (χ3v) is 3.46. The molecule has 114 valence electrons. The lowest BCUT2D eigenvalue weighted by Crippen LogP contribution is -2.33. The van der Waals surface area contributed by atoms with E-state index in [-0.39, 0.29) is 5.90 Å².